The molecule has 2 aromatic heterocycles. The number of carbonyl (C=O) groups excluding carboxylic acids is 1. The molecule has 258 valence electrons. The molecule has 1 atom stereocenters. The summed E-state index contributed by atoms with van der Waals surface area (Å²) in [6, 6.07) is 10.1. The number of carboxylic acid groups (broad SMARTS) is 1. The number of carboxylic acids is 1. The quantitative estimate of drug-likeness (QED) is 0.176. The van der Waals surface area contributed by atoms with Crippen LogP contribution in [0.15, 0.2) is 36.4 Å². The van der Waals surface area contributed by atoms with Gasteiger partial charge < -0.3 is 33.5 Å². The number of aldehydes is 1. The van der Waals surface area contributed by atoms with E-state index in [1.54, 1.807) is 12.1 Å². The second-order valence-corrected chi connectivity index (χ2v) is 11.2. The summed E-state index contributed by atoms with van der Waals surface area (Å²) in [6.07, 6.45) is 0.729. The molecule has 0 amide bonds. The van der Waals surface area contributed by atoms with Crippen molar-refractivity contribution in [2.24, 2.45) is 0 Å². The summed E-state index contributed by atoms with van der Waals surface area (Å²) < 4.78 is 35.0. The molecule has 15 heteroatoms. The molecule has 1 fully saturated rings. The van der Waals surface area contributed by atoms with E-state index in [1.807, 2.05) is 23.6 Å². The number of carbonyl (C=O) groups is 2. The topological polar surface area (TPSA) is 166 Å². The summed E-state index contributed by atoms with van der Waals surface area (Å²) in [4.78, 5) is 35.9. The minimum absolute atomic E-state index is 0.0159. The van der Waals surface area contributed by atoms with Gasteiger partial charge in [0.2, 0.25) is 0 Å². The smallest absolute Gasteiger partial charge is 0.354 e. The van der Waals surface area contributed by atoms with Crippen LogP contribution in [0.4, 0.5) is 0 Å². The van der Waals surface area contributed by atoms with Crippen LogP contribution >= 0.6 is 11.8 Å². The summed E-state index contributed by atoms with van der Waals surface area (Å²) in [5.74, 6) is -0.453. The van der Waals surface area contributed by atoms with Gasteiger partial charge in [0.05, 0.1) is 96.7 Å². The maximum Gasteiger partial charge on any atom is 0.354 e. The van der Waals surface area contributed by atoms with Crippen molar-refractivity contribution in [1.29, 1.82) is 5.26 Å². The Morgan fingerprint density at radius 1 is 0.894 bits per heavy atom. The number of pyridine rings is 2. The molecule has 47 heavy (non-hydrogen) atoms. The summed E-state index contributed by atoms with van der Waals surface area (Å²) in [5, 5.41) is 19.9. The minimum Gasteiger partial charge on any atom is -0.477 e. The van der Waals surface area contributed by atoms with E-state index in [1.165, 1.54) is 6.07 Å². The first-order chi connectivity index (χ1) is 23.1. The van der Waals surface area contributed by atoms with Crippen molar-refractivity contribution in [1.82, 2.24) is 19.8 Å². The lowest BCUT2D eigenvalue weighted by Gasteiger charge is -2.31. The van der Waals surface area contributed by atoms with Gasteiger partial charge in [0.25, 0.3) is 0 Å². The first-order valence-corrected chi connectivity index (χ1v) is 16.6. The van der Waals surface area contributed by atoms with Gasteiger partial charge in [-0.1, -0.05) is 12.1 Å². The molecule has 0 bridgehead atoms. The highest BCUT2D eigenvalue weighted by molar-refractivity contribution is 8.03. The maximum atomic E-state index is 11.5. The van der Waals surface area contributed by atoms with Crippen LogP contribution in [0.5, 0.6) is 0 Å². The van der Waals surface area contributed by atoms with Crippen molar-refractivity contribution < 1.29 is 43.1 Å². The molecule has 0 aromatic carbocycles. The van der Waals surface area contributed by atoms with Crippen LogP contribution in [0.1, 0.15) is 38.4 Å². The van der Waals surface area contributed by atoms with E-state index in [4.69, 9.17) is 33.7 Å². The number of aromatic carboxylic acids is 1. The number of hydrogen-bond donors (Lipinski definition) is 1. The fourth-order valence-electron chi connectivity index (χ4n) is 4.66. The third kappa shape index (κ3) is 16.1. The Bertz CT molecular complexity index is 1200. The van der Waals surface area contributed by atoms with Crippen molar-refractivity contribution in [2.45, 2.75) is 12.6 Å². The van der Waals surface area contributed by atoms with Crippen LogP contribution in [-0.4, -0.2) is 148 Å². The van der Waals surface area contributed by atoms with Crippen LogP contribution < -0.4 is 0 Å². The minimum atomic E-state index is -1.06. The second-order valence-electron chi connectivity index (χ2n) is 10.3. The zero-order valence-electron chi connectivity index (χ0n) is 26.7. The molecule has 0 spiro atoms. The largest absolute Gasteiger partial charge is 0.477 e. The van der Waals surface area contributed by atoms with E-state index in [0.29, 0.717) is 135 Å². The molecular formula is C32H45N5O9S. The molecule has 1 aliphatic rings. The van der Waals surface area contributed by atoms with Gasteiger partial charge in [-0.2, -0.15) is 5.26 Å². The lowest BCUT2D eigenvalue weighted by atomic mass is 10.1. The number of thiocyanates is 1. The normalized spacial score (nSPS) is 17.6. The van der Waals surface area contributed by atoms with Gasteiger partial charge in [-0.3, -0.25) is 14.6 Å². The predicted molar refractivity (Wildman–Crippen MR) is 173 cm³/mol. The summed E-state index contributed by atoms with van der Waals surface area (Å²) in [6.45, 7) is 7.89. The van der Waals surface area contributed by atoms with Gasteiger partial charge in [-0.05, 0) is 36.0 Å². The highest BCUT2D eigenvalue weighted by atomic mass is 32.2. The summed E-state index contributed by atoms with van der Waals surface area (Å²) in [7, 11) is 0. The van der Waals surface area contributed by atoms with Gasteiger partial charge in [0.15, 0.2) is 6.29 Å². The number of rotatable bonds is 14. The number of ether oxygens (including phenoxy) is 6. The lowest BCUT2D eigenvalue weighted by molar-refractivity contribution is -0.0158. The highest BCUT2D eigenvalue weighted by Gasteiger charge is 2.23. The number of nitriles is 1. The first kappa shape index (κ1) is 38.4. The molecule has 3 heterocycles. The Hall–Kier alpha value is -3.04. The summed E-state index contributed by atoms with van der Waals surface area (Å²) in [5.41, 5.74) is 1.74. The van der Waals surface area contributed by atoms with Crippen molar-refractivity contribution in [3.63, 3.8) is 0 Å². The van der Waals surface area contributed by atoms with Gasteiger partial charge in [-0.25, -0.2) is 14.8 Å². The number of hydrogen-bond acceptors (Lipinski definition) is 14. The van der Waals surface area contributed by atoms with Crippen molar-refractivity contribution in [3.05, 3.63) is 59.2 Å². The molecule has 1 aliphatic heterocycles. The molecule has 14 nitrogen and oxygen atoms in total. The van der Waals surface area contributed by atoms with Gasteiger partial charge in [0, 0.05) is 38.5 Å². The molecule has 1 unspecified atom stereocenters. The molecule has 1 N–H and O–H groups in total. The van der Waals surface area contributed by atoms with E-state index < -0.39 is 5.97 Å². The highest BCUT2D eigenvalue weighted by Crippen LogP contribution is 2.20. The zero-order valence-corrected chi connectivity index (χ0v) is 27.5. The Morgan fingerprint density at radius 3 is 2.17 bits per heavy atom. The molecule has 1 saturated heterocycles. The van der Waals surface area contributed by atoms with Gasteiger partial charge in [-0.15, -0.1) is 0 Å². The molecular weight excluding hydrogens is 630 g/mol. The lowest BCUT2D eigenvalue weighted by Crippen LogP contribution is -2.38. The fraction of sp³-hybridized carbons (Fsp3) is 0.594. The fourth-order valence-corrected chi connectivity index (χ4v) is 4.96. The van der Waals surface area contributed by atoms with Gasteiger partial charge in [0.1, 0.15) is 16.8 Å². The van der Waals surface area contributed by atoms with E-state index in [0.717, 1.165) is 18.0 Å². The van der Waals surface area contributed by atoms with Crippen LogP contribution in [0, 0.1) is 10.7 Å². The maximum absolute atomic E-state index is 11.5. The van der Waals surface area contributed by atoms with E-state index in [2.05, 4.69) is 19.8 Å². The third-order valence-electron chi connectivity index (χ3n) is 7.04. The van der Waals surface area contributed by atoms with Crippen LogP contribution in [0.3, 0.4) is 0 Å². The van der Waals surface area contributed by atoms with E-state index in [-0.39, 0.29) is 11.7 Å². The third-order valence-corrected chi connectivity index (χ3v) is 7.54. The number of thioether (sulfide) groups is 1. The Kier molecular flexibility index (Phi) is 19.7. The SMILES string of the molecule is N#CSCCOCCOCC(c1cccc(C=O)n1)N1CCOCCOCCN(Cc2cccc(C(=O)O)n2)CCOCCOCC1. The Balaban J connectivity index is 1.55. The Labute approximate surface area is 280 Å². The average Bonchev–Trinajstić information content (AvgIpc) is 3.08. The molecule has 0 aliphatic carbocycles. The molecule has 3 rings (SSSR count). The average molecular weight is 676 g/mol. The van der Waals surface area contributed by atoms with Crippen molar-refractivity contribution in [3.8, 4) is 5.40 Å². The van der Waals surface area contributed by atoms with Crippen molar-refractivity contribution >= 4 is 24.0 Å². The van der Waals surface area contributed by atoms with E-state index >= 15 is 0 Å². The van der Waals surface area contributed by atoms with Crippen molar-refractivity contribution in [2.75, 3.05) is 111 Å². The predicted octanol–water partition coefficient (Wildman–Crippen LogP) is 2.16. The second kappa shape index (κ2) is 24.2. The van der Waals surface area contributed by atoms with E-state index in [9.17, 15) is 14.7 Å². The zero-order chi connectivity index (χ0) is 33.4. The number of nitrogens with zero attached hydrogens (tertiary/aromatic N) is 5. The first-order valence-electron chi connectivity index (χ1n) is 15.7. The summed E-state index contributed by atoms with van der Waals surface area (Å²) >= 11 is 1.15. The standard InChI is InChI=1S/C32H45N5O9S/c33-26-47-22-21-45-19-20-46-25-31(29-5-2-4-28(24-38)35-29)37-9-13-43-17-15-41-11-7-36(8-12-42-16-18-44-14-10-37)23-27-3-1-6-30(34-27)32(39)40/h1-6,24,31H,7-23,25H2,(H,39,40). The van der Waals surface area contributed by atoms with Crippen LogP contribution in [-0.2, 0) is 35.0 Å². The Morgan fingerprint density at radius 2 is 1.53 bits per heavy atom. The van der Waals surface area contributed by atoms with Crippen LogP contribution in [0.25, 0.3) is 0 Å². The van der Waals surface area contributed by atoms with Gasteiger partial charge >= 0.3 is 5.97 Å². The van der Waals surface area contributed by atoms with Crippen LogP contribution in [0.2, 0.25) is 0 Å². The monoisotopic (exact) mass is 675 g/mol. The molecule has 2 aromatic rings. The molecule has 0 radical (unpaired) electrons. The molecule has 0 saturated carbocycles. The number of aromatic nitrogens is 2.